The summed E-state index contributed by atoms with van der Waals surface area (Å²) in [7, 11) is 0. The van der Waals surface area contributed by atoms with Gasteiger partial charge in [0, 0.05) is 31.3 Å². The van der Waals surface area contributed by atoms with Crippen LogP contribution in [0.15, 0.2) is 6.20 Å². The third kappa shape index (κ3) is 3.62. The summed E-state index contributed by atoms with van der Waals surface area (Å²) in [6, 6.07) is 0. The molecule has 1 amide bonds. The van der Waals surface area contributed by atoms with Crippen LogP contribution in [0.4, 0.5) is 0 Å². The molecular formula is C16H23N3O3. The highest BCUT2D eigenvalue weighted by molar-refractivity contribution is 5.78. The number of fused-ring (bicyclic) bond motifs is 1. The quantitative estimate of drug-likeness (QED) is 0.824. The molecule has 2 aliphatic heterocycles. The number of aromatic nitrogens is 2. The van der Waals surface area contributed by atoms with Crippen LogP contribution < -0.4 is 0 Å². The number of amides is 1. The first-order chi connectivity index (χ1) is 10.8. The normalized spacial score (nSPS) is 21.0. The molecule has 2 aliphatic rings. The van der Waals surface area contributed by atoms with Crippen molar-refractivity contribution >= 4 is 5.91 Å². The summed E-state index contributed by atoms with van der Waals surface area (Å²) in [4.78, 5) is 22.8. The molecule has 0 saturated carbocycles. The third-order valence-electron chi connectivity index (χ3n) is 4.18. The van der Waals surface area contributed by atoms with E-state index < -0.39 is 0 Å². The molecule has 3 rings (SSSR count). The minimum atomic E-state index is 0.00635. The van der Waals surface area contributed by atoms with Gasteiger partial charge in [0.15, 0.2) is 0 Å². The molecule has 1 saturated heterocycles. The topological polar surface area (TPSA) is 64.6 Å². The lowest BCUT2D eigenvalue weighted by molar-refractivity contribution is -0.138. The lowest BCUT2D eigenvalue weighted by Crippen LogP contribution is -2.31. The smallest absolute Gasteiger partial charge is 0.249 e. The number of carbonyl (C=O) groups is 1. The lowest BCUT2D eigenvalue weighted by Gasteiger charge is -2.22. The predicted octanol–water partition coefficient (Wildman–Crippen LogP) is 1.47. The Hall–Kier alpha value is -1.53. The van der Waals surface area contributed by atoms with Gasteiger partial charge in [0.2, 0.25) is 5.91 Å². The second kappa shape index (κ2) is 7.15. The summed E-state index contributed by atoms with van der Waals surface area (Å²) in [5, 5.41) is 0. The first kappa shape index (κ1) is 15.4. The van der Waals surface area contributed by atoms with E-state index in [9.17, 15) is 4.79 Å². The average Bonchev–Trinajstić information content (AvgIpc) is 2.99. The number of hydrogen-bond acceptors (Lipinski definition) is 5. The van der Waals surface area contributed by atoms with Crippen LogP contribution in [-0.4, -0.2) is 46.7 Å². The zero-order valence-electron chi connectivity index (χ0n) is 13.1. The maximum absolute atomic E-state index is 12.2. The van der Waals surface area contributed by atoms with Crippen LogP contribution in [0.25, 0.3) is 0 Å². The van der Waals surface area contributed by atoms with E-state index in [0.29, 0.717) is 19.7 Å². The summed E-state index contributed by atoms with van der Waals surface area (Å²) in [5.41, 5.74) is 2.01. The van der Waals surface area contributed by atoms with Crippen LogP contribution in [0.3, 0.4) is 0 Å². The summed E-state index contributed by atoms with van der Waals surface area (Å²) in [6.07, 6.45) is 6.13. The van der Waals surface area contributed by atoms with E-state index >= 15 is 0 Å². The lowest BCUT2D eigenvalue weighted by atomic mass is 10.1. The van der Waals surface area contributed by atoms with Crippen molar-refractivity contribution in [2.75, 3.05) is 19.8 Å². The Morgan fingerprint density at radius 1 is 1.45 bits per heavy atom. The molecular weight excluding hydrogens is 282 g/mol. The van der Waals surface area contributed by atoms with Gasteiger partial charge in [0.05, 0.1) is 24.9 Å². The van der Waals surface area contributed by atoms with E-state index in [2.05, 4.69) is 9.97 Å². The Morgan fingerprint density at radius 3 is 3.14 bits per heavy atom. The highest BCUT2D eigenvalue weighted by Gasteiger charge is 2.25. The van der Waals surface area contributed by atoms with Crippen LogP contribution in [0, 0.1) is 0 Å². The van der Waals surface area contributed by atoms with E-state index in [1.54, 1.807) is 4.90 Å². The minimum absolute atomic E-state index is 0.00635. The molecule has 120 valence electrons. The fourth-order valence-corrected chi connectivity index (χ4v) is 2.85. The van der Waals surface area contributed by atoms with Gasteiger partial charge in [-0.3, -0.25) is 4.79 Å². The van der Waals surface area contributed by atoms with Gasteiger partial charge in [-0.25, -0.2) is 9.97 Å². The molecule has 22 heavy (non-hydrogen) atoms. The molecule has 0 bridgehead atoms. The first-order valence-electron chi connectivity index (χ1n) is 8.07. The highest BCUT2D eigenvalue weighted by atomic mass is 16.5. The van der Waals surface area contributed by atoms with Gasteiger partial charge in [-0.05, 0) is 19.3 Å². The van der Waals surface area contributed by atoms with Crippen molar-refractivity contribution in [3.05, 3.63) is 23.3 Å². The predicted molar refractivity (Wildman–Crippen MR) is 80.1 cm³/mol. The monoisotopic (exact) mass is 305 g/mol. The van der Waals surface area contributed by atoms with E-state index in [0.717, 1.165) is 43.0 Å². The fraction of sp³-hybridized carbons (Fsp3) is 0.688. The van der Waals surface area contributed by atoms with E-state index in [4.69, 9.17) is 9.47 Å². The van der Waals surface area contributed by atoms with E-state index in [1.165, 1.54) is 6.42 Å². The molecule has 0 spiro atoms. The van der Waals surface area contributed by atoms with Crippen LogP contribution in [0.1, 0.15) is 43.3 Å². The Balaban J connectivity index is 1.45. The maximum atomic E-state index is 12.2. The van der Waals surface area contributed by atoms with Gasteiger partial charge in [-0.1, -0.05) is 6.92 Å². The van der Waals surface area contributed by atoms with Crippen LogP contribution in [0.5, 0.6) is 0 Å². The summed E-state index contributed by atoms with van der Waals surface area (Å²) in [5.74, 6) is 0.839. The Morgan fingerprint density at radius 2 is 2.36 bits per heavy atom. The van der Waals surface area contributed by atoms with Crippen molar-refractivity contribution in [2.45, 2.75) is 51.8 Å². The van der Waals surface area contributed by atoms with Gasteiger partial charge in [-0.2, -0.15) is 0 Å². The third-order valence-corrected chi connectivity index (χ3v) is 4.18. The van der Waals surface area contributed by atoms with E-state index in [-0.39, 0.29) is 18.6 Å². The van der Waals surface area contributed by atoms with Gasteiger partial charge >= 0.3 is 0 Å². The van der Waals surface area contributed by atoms with Crippen molar-refractivity contribution in [3.63, 3.8) is 0 Å². The van der Waals surface area contributed by atoms with Crippen LogP contribution >= 0.6 is 0 Å². The highest BCUT2D eigenvalue weighted by Crippen LogP contribution is 2.20. The second-order valence-corrected chi connectivity index (χ2v) is 5.87. The van der Waals surface area contributed by atoms with Crippen LogP contribution in [0.2, 0.25) is 0 Å². The molecule has 0 unspecified atom stereocenters. The molecule has 3 heterocycles. The molecule has 1 aromatic rings. The van der Waals surface area contributed by atoms with E-state index in [1.807, 2.05) is 13.1 Å². The Bertz CT molecular complexity index is 529. The van der Waals surface area contributed by atoms with Gasteiger partial charge in [-0.15, -0.1) is 0 Å². The van der Waals surface area contributed by atoms with Gasteiger partial charge in [0.1, 0.15) is 12.4 Å². The van der Waals surface area contributed by atoms with Crippen LogP contribution in [-0.2, 0) is 33.8 Å². The second-order valence-electron chi connectivity index (χ2n) is 5.87. The molecule has 1 fully saturated rings. The number of rotatable bonds is 5. The number of carbonyl (C=O) groups excluding carboxylic acids is 1. The van der Waals surface area contributed by atoms with Crippen molar-refractivity contribution in [1.82, 2.24) is 14.9 Å². The SMILES string of the molecule is CCc1ncc2c(n1)CN(C(=O)COC[C@@H]1CCCCO1)C2. The zero-order chi connectivity index (χ0) is 15.4. The average molecular weight is 305 g/mol. The summed E-state index contributed by atoms with van der Waals surface area (Å²) >= 11 is 0. The molecule has 0 radical (unpaired) electrons. The largest absolute Gasteiger partial charge is 0.376 e. The van der Waals surface area contributed by atoms with Gasteiger partial charge < -0.3 is 14.4 Å². The summed E-state index contributed by atoms with van der Waals surface area (Å²) in [6.45, 7) is 4.60. The van der Waals surface area contributed by atoms with Crippen molar-refractivity contribution in [2.24, 2.45) is 0 Å². The molecule has 0 aromatic carbocycles. The van der Waals surface area contributed by atoms with Crippen molar-refractivity contribution < 1.29 is 14.3 Å². The molecule has 1 aromatic heterocycles. The number of hydrogen-bond donors (Lipinski definition) is 0. The minimum Gasteiger partial charge on any atom is -0.376 e. The molecule has 0 aliphatic carbocycles. The molecule has 0 N–H and O–H groups in total. The molecule has 1 atom stereocenters. The Labute approximate surface area is 130 Å². The number of ether oxygens (including phenoxy) is 2. The fourth-order valence-electron chi connectivity index (χ4n) is 2.85. The van der Waals surface area contributed by atoms with Crippen molar-refractivity contribution in [3.8, 4) is 0 Å². The standard InChI is InChI=1S/C16H23N3O3/c1-2-15-17-7-12-8-19(9-14(12)18-15)16(20)11-21-10-13-5-3-4-6-22-13/h7,13H,2-6,8-11H2,1H3/t13-/m0/s1. The van der Waals surface area contributed by atoms with Gasteiger partial charge in [0.25, 0.3) is 0 Å². The summed E-state index contributed by atoms with van der Waals surface area (Å²) < 4.78 is 11.1. The maximum Gasteiger partial charge on any atom is 0.249 e. The number of aryl methyl sites for hydroxylation is 1. The van der Waals surface area contributed by atoms with Crippen molar-refractivity contribution in [1.29, 1.82) is 0 Å². The first-order valence-corrected chi connectivity index (χ1v) is 8.07. The molecule has 6 heteroatoms. The zero-order valence-corrected chi connectivity index (χ0v) is 13.1. The molecule has 6 nitrogen and oxygen atoms in total. The Kier molecular flexibility index (Phi) is 5.00. The number of nitrogens with zero attached hydrogens (tertiary/aromatic N) is 3.